The van der Waals surface area contributed by atoms with Crippen LogP contribution in [0.3, 0.4) is 0 Å². The molecule has 0 saturated carbocycles. The van der Waals surface area contributed by atoms with E-state index < -0.39 is 0 Å². The highest BCUT2D eigenvalue weighted by Crippen LogP contribution is 2.36. The lowest BCUT2D eigenvalue weighted by molar-refractivity contribution is 0.0694. The van der Waals surface area contributed by atoms with Crippen LogP contribution in [0.1, 0.15) is 36.8 Å². The molecule has 0 spiro atoms. The van der Waals surface area contributed by atoms with E-state index in [9.17, 15) is 0 Å². The number of benzene rings is 1. The van der Waals surface area contributed by atoms with Gasteiger partial charge in [0, 0.05) is 55.4 Å². The Balaban J connectivity index is 1.38. The van der Waals surface area contributed by atoms with Gasteiger partial charge < -0.3 is 9.64 Å². The van der Waals surface area contributed by atoms with Crippen molar-refractivity contribution in [1.82, 2.24) is 9.80 Å². The summed E-state index contributed by atoms with van der Waals surface area (Å²) in [5.74, 6) is 2.00. The molecule has 4 rings (SSSR count). The van der Waals surface area contributed by atoms with Gasteiger partial charge >= 0.3 is 0 Å². The van der Waals surface area contributed by atoms with Crippen molar-refractivity contribution in [3.05, 3.63) is 56.2 Å². The lowest BCUT2D eigenvalue weighted by Crippen LogP contribution is -2.39. The Hall–Kier alpha value is -0.620. The molecule has 6 heteroatoms. The van der Waals surface area contributed by atoms with Crippen molar-refractivity contribution in [2.75, 3.05) is 45.9 Å². The van der Waals surface area contributed by atoms with Gasteiger partial charge in [0.1, 0.15) is 0 Å². The molecule has 30 heavy (non-hydrogen) atoms. The fourth-order valence-corrected chi connectivity index (χ4v) is 6.17. The van der Waals surface area contributed by atoms with Gasteiger partial charge in [-0.1, -0.05) is 29.3 Å². The summed E-state index contributed by atoms with van der Waals surface area (Å²) in [6, 6.07) is 8.18. The van der Waals surface area contributed by atoms with Gasteiger partial charge in [0.2, 0.25) is 0 Å². The number of likely N-dealkylation sites (tertiary alicyclic amines) is 2. The van der Waals surface area contributed by atoms with Crippen LogP contribution in [0.2, 0.25) is 10.0 Å². The molecule has 3 heterocycles. The van der Waals surface area contributed by atoms with E-state index in [0.717, 1.165) is 43.8 Å². The third kappa shape index (κ3) is 5.79. The van der Waals surface area contributed by atoms with Crippen molar-refractivity contribution in [2.45, 2.75) is 32.2 Å². The van der Waals surface area contributed by atoms with Gasteiger partial charge in [-0.05, 0) is 84.8 Å². The second-order valence-electron chi connectivity index (χ2n) is 8.76. The average molecular weight is 468 g/mol. The molecule has 1 aromatic carbocycles. The summed E-state index contributed by atoms with van der Waals surface area (Å²) in [6.07, 6.45) is 2.53. The highest BCUT2D eigenvalue weighted by atomic mass is 35.5. The molecule has 0 radical (unpaired) electrons. The van der Waals surface area contributed by atoms with Crippen molar-refractivity contribution in [3.8, 4) is 0 Å². The van der Waals surface area contributed by atoms with Crippen LogP contribution >= 0.6 is 34.5 Å². The molecule has 164 valence electrons. The number of piperidine rings is 1. The van der Waals surface area contributed by atoms with E-state index in [2.05, 4.69) is 39.6 Å². The minimum atomic E-state index is 0.600. The maximum Gasteiger partial charge on any atom is 0.0495 e. The first-order chi connectivity index (χ1) is 14.6. The lowest BCUT2D eigenvalue weighted by Gasteiger charge is -2.34. The number of ether oxygens (including phenoxy) is 1. The molecular weight excluding hydrogens is 435 g/mol. The minimum absolute atomic E-state index is 0.600. The van der Waals surface area contributed by atoms with Crippen molar-refractivity contribution >= 4 is 34.5 Å². The SMILES string of the molecule is CCOCC1CCN(CC2CN(Cc3ccc(Cl)cc3Cl)CC2c2ccsc2)CC1. The van der Waals surface area contributed by atoms with E-state index in [0.29, 0.717) is 16.9 Å². The van der Waals surface area contributed by atoms with Gasteiger partial charge in [-0.25, -0.2) is 0 Å². The standard InChI is InChI=1S/C24H32Cl2N2OS/c1-2-29-16-18-5-8-27(9-6-18)13-21-14-28(15-23(21)20-7-10-30-17-20)12-19-3-4-22(25)11-24(19)26/h3-4,7,10-11,17-18,21,23H,2,5-6,8-9,12-16H2,1H3. The van der Waals surface area contributed by atoms with Gasteiger partial charge in [0.05, 0.1) is 0 Å². The summed E-state index contributed by atoms with van der Waals surface area (Å²) >= 11 is 14.4. The third-order valence-electron chi connectivity index (χ3n) is 6.65. The molecule has 3 nitrogen and oxygen atoms in total. The van der Waals surface area contributed by atoms with Crippen LogP contribution in [-0.4, -0.2) is 55.7 Å². The second-order valence-corrected chi connectivity index (χ2v) is 10.4. The highest BCUT2D eigenvalue weighted by molar-refractivity contribution is 7.08. The second kappa shape index (κ2) is 10.8. The zero-order valence-corrected chi connectivity index (χ0v) is 20.1. The van der Waals surface area contributed by atoms with E-state index in [1.807, 2.05) is 23.5 Å². The number of hydrogen-bond acceptors (Lipinski definition) is 4. The maximum absolute atomic E-state index is 6.46. The minimum Gasteiger partial charge on any atom is -0.381 e. The fourth-order valence-electron chi connectivity index (χ4n) is 4.98. The van der Waals surface area contributed by atoms with Crippen molar-refractivity contribution in [2.24, 2.45) is 11.8 Å². The average Bonchev–Trinajstić information content (AvgIpc) is 3.39. The van der Waals surface area contributed by atoms with E-state index >= 15 is 0 Å². The van der Waals surface area contributed by atoms with E-state index in [1.54, 1.807) is 0 Å². The number of halogens is 2. The van der Waals surface area contributed by atoms with E-state index in [4.69, 9.17) is 27.9 Å². The Kier molecular flexibility index (Phi) is 8.13. The number of hydrogen-bond donors (Lipinski definition) is 0. The normalized spacial score (nSPS) is 24.0. The first-order valence-electron chi connectivity index (χ1n) is 11.1. The zero-order valence-electron chi connectivity index (χ0n) is 17.7. The molecule has 0 N–H and O–H groups in total. The van der Waals surface area contributed by atoms with Gasteiger partial charge in [-0.3, -0.25) is 4.90 Å². The molecule has 2 unspecified atom stereocenters. The van der Waals surface area contributed by atoms with E-state index in [1.165, 1.54) is 43.6 Å². The molecule has 2 aliphatic rings. The van der Waals surface area contributed by atoms with Crippen LogP contribution in [0, 0.1) is 11.8 Å². The first kappa shape index (κ1) is 22.6. The van der Waals surface area contributed by atoms with Crippen molar-refractivity contribution in [3.63, 3.8) is 0 Å². The van der Waals surface area contributed by atoms with Gasteiger partial charge in [0.25, 0.3) is 0 Å². The van der Waals surface area contributed by atoms with Crippen LogP contribution in [0.4, 0.5) is 0 Å². The lowest BCUT2D eigenvalue weighted by atomic mass is 9.89. The summed E-state index contributed by atoms with van der Waals surface area (Å²) in [6.45, 7) is 10.6. The Morgan fingerprint density at radius 1 is 1.10 bits per heavy atom. The molecule has 2 fully saturated rings. The Bertz CT molecular complexity index is 793. The fraction of sp³-hybridized carbons (Fsp3) is 0.583. The van der Waals surface area contributed by atoms with Gasteiger partial charge in [-0.15, -0.1) is 0 Å². The van der Waals surface area contributed by atoms with Crippen LogP contribution in [0.15, 0.2) is 35.0 Å². The molecule has 0 aliphatic carbocycles. The Morgan fingerprint density at radius 3 is 2.63 bits per heavy atom. The van der Waals surface area contributed by atoms with Crippen LogP contribution < -0.4 is 0 Å². The largest absolute Gasteiger partial charge is 0.381 e. The monoisotopic (exact) mass is 466 g/mol. The molecule has 0 amide bonds. The predicted molar refractivity (Wildman–Crippen MR) is 128 cm³/mol. The topological polar surface area (TPSA) is 15.7 Å². The molecule has 2 saturated heterocycles. The third-order valence-corrected chi connectivity index (χ3v) is 7.94. The Morgan fingerprint density at radius 2 is 1.93 bits per heavy atom. The molecule has 0 bridgehead atoms. The van der Waals surface area contributed by atoms with Crippen molar-refractivity contribution in [1.29, 1.82) is 0 Å². The summed E-state index contributed by atoms with van der Waals surface area (Å²) in [7, 11) is 0. The zero-order chi connectivity index (χ0) is 20.9. The van der Waals surface area contributed by atoms with Crippen LogP contribution in [0.5, 0.6) is 0 Å². The van der Waals surface area contributed by atoms with Gasteiger partial charge in [0.15, 0.2) is 0 Å². The smallest absolute Gasteiger partial charge is 0.0495 e. The molecule has 1 aromatic heterocycles. The number of nitrogens with zero attached hydrogens (tertiary/aromatic N) is 2. The molecular formula is C24H32Cl2N2OS. The van der Waals surface area contributed by atoms with Crippen LogP contribution in [-0.2, 0) is 11.3 Å². The van der Waals surface area contributed by atoms with Crippen LogP contribution in [0.25, 0.3) is 0 Å². The summed E-state index contributed by atoms with van der Waals surface area (Å²) in [5.41, 5.74) is 2.67. The maximum atomic E-state index is 6.46. The van der Waals surface area contributed by atoms with E-state index in [-0.39, 0.29) is 0 Å². The summed E-state index contributed by atoms with van der Waals surface area (Å²) in [5, 5.41) is 6.02. The molecule has 2 aromatic rings. The van der Waals surface area contributed by atoms with Gasteiger partial charge in [-0.2, -0.15) is 11.3 Å². The molecule has 2 atom stereocenters. The first-order valence-corrected chi connectivity index (χ1v) is 12.8. The summed E-state index contributed by atoms with van der Waals surface area (Å²) < 4.78 is 5.65. The van der Waals surface area contributed by atoms with Crippen molar-refractivity contribution < 1.29 is 4.74 Å². The number of thiophene rings is 1. The highest BCUT2D eigenvalue weighted by Gasteiger charge is 2.35. The summed E-state index contributed by atoms with van der Waals surface area (Å²) in [4.78, 5) is 5.26. The quantitative estimate of drug-likeness (QED) is 0.472. The Labute approximate surface area is 194 Å². The number of rotatable bonds is 8. The predicted octanol–water partition coefficient (Wildman–Crippen LogP) is 6.02. The molecule has 2 aliphatic heterocycles.